The van der Waals surface area contributed by atoms with E-state index in [9.17, 15) is 18.7 Å². The van der Waals surface area contributed by atoms with Crippen LogP contribution in [-0.2, 0) is 4.79 Å². The molecular weight excluding hydrogens is 358 g/mol. The van der Waals surface area contributed by atoms with Crippen LogP contribution >= 0.6 is 0 Å². The van der Waals surface area contributed by atoms with Gasteiger partial charge in [-0.3, -0.25) is 15.4 Å². The van der Waals surface area contributed by atoms with Gasteiger partial charge in [-0.15, -0.1) is 0 Å². The van der Waals surface area contributed by atoms with Crippen molar-refractivity contribution in [3.8, 4) is 0 Å². The van der Waals surface area contributed by atoms with E-state index in [4.69, 9.17) is 5.11 Å². The van der Waals surface area contributed by atoms with Crippen molar-refractivity contribution in [2.24, 2.45) is 0 Å². The summed E-state index contributed by atoms with van der Waals surface area (Å²) in [7, 11) is 1.68. The lowest BCUT2D eigenvalue weighted by atomic mass is 10.1. The van der Waals surface area contributed by atoms with Gasteiger partial charge in [-0.2, -0.15) is 0 Å². The van der Waals surface area contributed by atoms with Crippen molar-refractivity contribution in [2.45, 2.75) is 19.4 Å². The van der Waals surface area contributed by atoms with Gasteiger partial charge in [-0.05, 0) is 42.0 Å². The lowest BCUT2D eigenvalue weighted by Crippen LogP contribution is -2.30. The largest absolute Gasteiger partial charge is 0.375 e. The average Bonchev–Trinajstić information content (AvgIpc) is 2.66. The third-order valence-corrected chi connectivity index (χ3v) is 2.78. The minimum absolute atomic E-state index is 0.179. The monoisotopic (exact) mass is 388 g/mol. The summed E-state index contributed by atoms with van der Waals surface area (Å²) in [6.07, 6.45) is 7.52. The van der Waals surface area contributed by atoms with E-state index in [0.717, 1.165) is 6.08 Å². The number of aldehydes is 1. The van der Waals surface area contributed by atoms with Crippen LogP contribution in [-0.4, -0.2) is 55.8 Å². The predicted octanol–water partition coefficient (Wildman–Crippen LogP) is 0.737. The van der Waals surface area contributed by atoms with Crippen molar-refractivity contribution in [2.75, 3.05) is 26.8 Å². The molecule has 0 amide bonds. The summed E-state index contributed by atoms with van der Waals surface area (Å²) in [6.45, 7) is 5.53. The molecule has 0 saturated carbocycles. The molecule has 0 aromatic heterocycles. The van der Waals surface area contributed by atoms with Crippen LogP contribution in [0.2, 0.25) is 0 Å². The SMILES string of the molecule is C=C(CF)/C(=C\C=C\F)CNC(O)/C=C/NNC.CCNC(O)/C=C/C=O. The molecule has 9 heteroatoms. The molecule has 0 fully saturated rings. The molecular formula is C18H30F2N4O3. The molecule has 0 aliphatic heterocycles. The summed E-state index contributed by atoms with van der Waals surface area (Å²) in [5, 5.41) is 23.7. The van der Waals surface area contributed by atoms with Crippen molar-refractivity contribution in [3.63, 3.8) is 0 Å². The third kappa shape index (κ3) is 18.4. The van der Waals surface area contributed by atoms with Crippen LogP contribution in [0.25, 0.3) is 0 Å². The minimum Gasteiger partial charge on any atom is -0.375 e. The Morgan fingerprint density at radius 1 is 1.19 bits per heavy atom. The second-order valence-corrected chi connectivity index (χ2v) is 4.85. The van der Waals surface area contributed by atoms with E-state index in [1.807, 2.05) is 6.92 Å². The first-order valence-corrected chi connectivity index (χ1v) is 8.20. The zero-order valence-corrected chi connectivity index (χ0v) is 15.7. The van der Waals surface area contributed by atoms with Gasteiger partial charge < -0.3 is 15.6 Å². The van der Waals surface area contributed by atoms with Crippen molar-refractivity contribution >= 4 is 6.29 Å². The van der Waals surface area contributed by atoms with Crippen LogP contribution < -0.4 is 21.5 Å². The maximum absolute atomic E-state index is 12.5. The van der Waals surface area contributed by atoms with Crippen LogP contribution in [0.3, 0.4) is 0 Å². The summed E-state index contributed by atoms with van der Waals surface area (Å²) in [5.74, 6) is 0. The van der Waals surface area contributed by atoms with Gasteiger partial charge in [-0.1, -0.05) is 19.6 Å². The first-order chi connectivity index (χ1) is 13.0. The van der Waals surface area contributed by atoms with Crippen LogP contribution in [0.15, 0.2) is 60.6 Å². The number of hydrogen-bond acceptors (Lipinski definition) is 7. The van der Waals surface area contributed by atoms with E-state index in [-0.39, 0.29) is 12.1 Å². The van der Waals surface area contributed by atoms with Gasteiger partial charge in [0.1, 0.15) is 25.4 Å². The summed E-state index contributed by atoms with van der Waals surface area (Å²) >= 11 is 0. The fourth-order valence-corrected chi connectivity index (χ4v) is 1.47. The molecule has 0 aliphatic rings. The topological polar surface area (TPSA) is 106 Å². The molecule has 154 valence electrons. The average molecular weight is 388 g/mol. The van der Waals surface area contributed by atoms with E-state index in [2.05, 4.69) is 28.1 Å². The number of halogens is 2. The smallest absolute Gasteiger partial charge is 0.142 e. The molecule has 0 saturated heterocycles. The fraction of sp³-hybridized carbons (Fsp3) is 0.389. The number of likely N-dealkylation sites (N-methyl/N-ethyl adjacent to an activating group) is 1. The van der Waals surface area contributed by atoms with Crippen LogP contribution in [0.4, 0.5) is 8.78 Å². The second kappa shape index (κ2) is 20.1. The minimum atomic E-state index is -0.906. The van der Waals surface area contributed by atoms with Crippen LogP contribution in [0, 0.1) is 0 Å². The molecule has 2 atom stereocenters. The Hall–Kier alpha value is -2.17. The molecule has 0 rings (SSSR count). The van der Waals surface area contributed by atoms with Gasteiger partial charge in [0.2, 0.25) is 0 Å². The number of nitrogens with one attached hydrogen (secondary N) is 4. The zero-order chi connectivity index (χ0) is 20.9. The van der Waals surface area contributed by atoms with E-state index in [1.165, 1.54) is 30.5 Å². The quantitative estimate of drug-likeness (QED) is 0.0909. The fourth-order valence-electron chi connectivity index (χ4n) is 1.47. The van der Waals surface area contributed by atoms with Crippen molar-refractivity contribution in [1.82, 2.24) is 21.5 Å². The molecule has 7 nitrogen and oxygen atoms in total. The van der Waals surface area contributed by atoms with E-state index in [0.29, 0.717) is 24.7 Å². The molecule has 0 heterocycles. The Balaban J connectivity index is 0. The predicted molar refractivity (Wildman–Crippen MR) is 104 cm³/mol. The molecule has 0 bridgehead atoms. The Morgan fingerprint density at radius 3 is 2.37 bits per heavy atom. The van der Waals surface area contributed by atoms with Crippen LogP contribution in [0.1, 0.15) is 6.92 Å². The number of alkyl halides is 1. The van der Waals surface area contributed by atoms with Gasteiger partial charge in [0.05, 0.1) is 6.33 Å². The highest BCUT2D eigenvalue weighted by Gasteiger charge is 2.04. The van der Waals surface area contributed by atoms with Gasteiger partial charge in [-0.25, -0.2) is 14.2 Å². The van der Waals surface area contributed by atoms with Crippen molar-refractivity contribution in [1.29, 1.82) is 0 Å². The number of carbonyl (C=O) groups excluding carboxylic acids is 1. The number of allylic oxidation sites excluding steroid dienone is 3. The maximum Gasteiger partial charge on any atom is 0.142 e. The molecule has 0 aliphatic carbocycles. The zero-order valence-electron chi connectivity index (χ0n) is 15.7. The summed E-state index contributed by atoms with van der Waals surface area (Å²) < 4.78 is 24.3. The molecule has 0 radical (unpaired) electrons. The van der Waals surface area contributed by atoms with Gasteiger partial charge in [0.25, 0.3) is 0 Å². The van der Waals surface area contributed by atoms with Crippen LogP contribution in [0.5, 0.6) is 0 Å². The van der Waals surface area contributed by atoms with E-state index < -0.39 is 19.1 Å². The molecule has 6 N–H and O–H groups in total. The molecule has 2 unspecified atom stereocenters. The highest BCUT2D eigenvalue weighted by molar-refractivity contribution is 5.64. The van der Waals surface area contributed by atoms with Gasteiger partial charge in [0.15, 0.2) is 0 Å². The Labute approximate surface area is 159 Å². The van der Waals surface area contributed by atoms with Crippen molar-refractivity contribution < 1.29 is 23.8 Å². The maximum atomic E-state index is 12.5. The lowest BCUT2D eigenvalue weighted by Gasteiger charge is -2.12. The summed E-state index contributed by atoms with van der Waals surface area (Å²) in [5.41, 5.74) is 6.02. The highest BCUT2D eigenvalue weighted by atomic mass is 19.1. The Bertz CT molecular complexity index is 509. The number of hydrazine groups is 1. The Morgan fingerprint density at radius 2 is 1.85 bits per heavy atom. The number of hydrogen-bond donors (Lipinski definition) is 6. The highest BCUT2D eigenvalue weighted by Crippen LogP contribution is 2.08. The summed E-state index contributed by atoms with van der Waals surface area (Å²) in [6, 6.07) is 0. The first-order valence-electron chi connectivity index (χ1n) is 8.20. The normalized spacial score (nSPS) is 14.2. The second-order valence-electron chi connectivity index (χ2n) is 4.85. The molecule has 0 aromatic rings. The molecule has 0 spiro atoms. The number of aliphatic hydroxyl groups is 2. The Kier molecular flexibility index (Phi) is 20.2. The van der Waals surface area contributed by atoms with Gasteiger partial charge in [0, 0.05) is 19.8 Å². The van der Waals surface area contributed by atoms with Gasteiger partial charge >= 0.3 is 0 Å². The lowest BCUT2D eigenvalue weighted by molar-refractivity contribution is -0.104. The molecule has 27 heavy (non-hydrogen) atoms. The molecule has 0 aromatic carbocycles. The van der Waals surface area contributed by atoms with Crippen molar-refractivity contribution in [3.05, 3.63) is 60.6 Å². The number of rotatable bonds is 13. The van der Waals surface area contributed by atoms with E-state index in [1.54, 1.807) is 7.05 Å². The first kappa shape index (κ1) is 27.1. The summed E-state index contributed by atoms with van der Waals surface area (Å²) in [4.78, 5) is 9.69. The number of carbonyl (C=O) groups is 1. The number of aliphatic hydroxyl groups excluding tert-OH is 2. The van der Waals surface area contributed by atoms with E-state index >= 15 is 0 Å². The third-order valence-electron chi connectivity index (χ3n) is 2.78. The standard InChI is InChI=1S/C12H19F2N3O.C6H11NO2/c1-10(8-14)11(4-3-6-13)9-16-12(18)5-7-17-15-2;1-2-7-6(9)4-3-5-8/h3-7,12,15-18H,1,8-9H2,2H3;3-7,9H,2H2,1H3/b6-3+,7-5+,11-4-;4-3+.